The van der Waals surface area contributed by atoms with Crippen molar-refractivity contribution in [2.75, 3.05) is 9.80 Å². The summed E-state index contributed by atoms with van der Waals surface area (Å²) in [6, 6.07) is 21.7. The first-order chi connectivity index (χ1) is 50.2. The molecular formula is C90H80F8N2O3. The molecule has 13 aliphatic rings. The second kappa shape index (κ2) is 27.0. The zero-order valence-electron chi connectivity index (χ0n) is 57.2. The molecule has 0 aromatic heterocycles. The van der Waals surface area contributed by atoms with Gasteiger partial charge in [0.05, 0.1) is 23.4 Å². The Balaban J connectivity index is 0.762. The fourth-order valence-electron chi connectivity index (χ4n) is 19.4. The number of rotatable bonds is 16. The van der Waals surface area contributed by atoms with Gasteiger partial charge < -0.3 is 24.0 Å². The summed E-state index contributed by atoms with van der Waals surface area (Å²) in [5.41, 5.74) is 8.21. The number of nitrogens with zero attached hydrogens (tertiary/aromatic N) is 2. The highest BCUT2D eigenvalue weighted by atomic mass is 19.2. The molecule has 0 spiro atoms. The molecule has 0 amide bonds. The molecule has 103 heavy (non-hydrogen) atoms. The van der Waals surface area contributed by atoms with E-state index in [1.807, 2.05) is 78.9 Å². The molecule has 4 aromatic rings. The molecule has 0 radical (unpaired) electrons. The van der Waals surface area contributed by atoms with Crippen molar-refractivity contribution in [3.8, 4) is 5.75 Å². The molecule has 1 saturated heterocycles. The monoisotopic (exact) mass is 1390 g/mol. The summed E-state index contributed by atoms with van der Waals surface area (Å²) in [6.45, 7) is 7.91. The normalized spacial score (nSPS) is 31.4. The van der Waals surface area contributed by atoms with Gasteiger partial charge >= 0.3 is 0 Å². The summed E-state index contributed by atoms with van der Waals surface area (Å²) in [5.74, 6) is -6.18. The number of fused-ring (bicyclic) bond motifs is 8. The van der Waals surface area contributed by atoms with Crippen LogP contribution in [-0.2, 0) is 20.3 Å². The molecule has 1 fully saturated rings. The molecule has 1 aliphatic heterocycles. The predicted molar refractivity (Wildman–Crippen MR) is 390 cm³/mol. The van der Waals surface area contributed by atoms with E-state index >= 15 is 35.1 Å². The van der Waals surface area contributed by atoms with E-state index in [0.717, 1.165) is 93.3 Å². The molecule has 524 valence electrons. The largest absolute Gasteiger partial charge is 0.491 e. The lowest BCUT2D eigenvalue weighted by atomic mass is 9.55. The van der Waals surface area contributed by atoms with Crippen LogP contribution in [0.5, 0.6) is 5.75 Å². The van der Waals surface area contributed by atoms with Crippen molar-refractivity contribution in [3.63, 3.8) is 0 Å². The van der Waals surface area contributed by atoms with Crippen molar-refractivity contribution in [2.24, 2.45) is 41.4 Å². The van der Waals surface area contributed by atoms with Crippen LogP contribution in [0.4, 0.5) is 46.5 Å². The second-order valence-corrected chi connectivity index (χ2v) is 29.6. The Bertz CT molecular complexity index is 4770. The molecule has 1 heterocycles. The molecule has 13 heteroatoms. The van der Waals surface area contributed by atoms with Gasteiger partial charge in [0.2, 0.25) is 0 Å². The van der Waals surface area contributed by atoms with E-state index < -0.39 is 64.3 Å². The molecule has 14 atom stereocenters. The van der Waals surface area contributed by atoms with E-state index in [1.165, 1.54) is 6.08 Å². The summed E-state index contributed by atoms with van der Waals surface area (Å²) in [7, 11) is 0. The first-order valence-electron chi connectivity index (χ1n) is 36.7. The highest BCUT2D eigenvalue weighted by molar-refractivity contribution is 5.89. The van der Waals surface area contributed by atoms with Crippen molar-refractivity contribution < 1.29 is 49.3 Å². The van der Waals surface area contributed by atoms with E-state index in [1.54, 1.807) is 12.2 Å². The third-order valence-electron chi connectivity index (χ3n) is 24.2. The van der Waals surface area contributed by atoms with Crippen molar-refractivity contribution in [3.05, 3.63) is 346 Å². The minimum atomic E-state index is -1.35. The minimum absolute atomic E-state index is 0.0164. The van der Waals surface area contributed by atoms with Gasteiger partial charge in [0.25, 0.3) is 0 Å². The highest BCUT2D eigenvalue weighted by Gasteiger charge is 2.59. The average Bonchev–Trinajstić information content (AvgIpc) is 1.55. The number of hydrogen-bond acceptors (Lipinski definition) is 5. The smallest absolute Gasteiger partial charge is 0.161 e. The van der Waals surface area contributed by atoms with Crippen LogP contribution in [0.2, 0.25) is 0 Å². The van der Waals surface area contributed by atoms with Crippen LogP contribution in [-0.4, -0.2) is 24.5 Å². The van der Waals surface area contributed by atoms with Crippen LogP contribution in [0, 0.1) is 58.9 Å². The zero-order valence-corrected chi connectivity index (χ0v) is 57.2. The van der Waals surface area contributed by atoms with Gasteiger partial charge in [-0.2, -0.15) is 0 Å². The first kappa shape index (κ1) is 66.8. The number of anilines is 2. The third-order valence-corrected chi connectivity index (χ3v) is 24.2. The van der Waals surface area contributed by atoms with Crippen LogP contribution in [0.15, 0.2) is 295 Å². The minimum Gasteiger partial charge on any atom is -0.491 e. The van der Waals surface area contributed by atoms with Crippen LogP contribution in [0.3, 0.4) is 0 Å². The van der Waals surface area contributed by atoms with Gasteiger partial charge in [0, 0.05) is 107 Å². The maximum Gasteiger partial charge on any atom is 0.161 e. The number of benzene rings is 4. The Kier molecular flexibility index (Phi) is 17.5. The van der Waals surface area contributed by atoms with Crippen molar-refractivity contribution in [1.82, 2.24) is 0 Å². The Morgan fingerprint density at radius 3 is 2.08 bits per heavy atom. The fourth-order valence-corrected chi connectivity index (χ4v) is 19.4. The Morgan fingerprint density at radius 1 is 0.592 bits per heavy atom. The van der Waals surface area contributed by atoms with Crippen molar-refractivity contribution in [1.29, 1.82) is 0 Å². The lowest BCUT2D eigenvalue weighted by molar-refractivity contribution is 0.0880. The zero-order chi connectivity index (χ0) is 70.4. The van der Waals surface area contributed by atoms with Gasteiger partial charge in [-0.25, -0.2) is 35.1 Å². The Hall–Kier alpha value is -9.46. The SMILES string of the molecule is C=CC1C=CC(Oc2ccc(C3(c4cc(F)c(F)cc4F)c4cc(N(C5=CCC(F)C=C5)C5=CC6C(C=C5)OC5C=CC(N(C7=CC=C(F)CC7)c7ccc8c(c7)C(C7CC=C(OC9C=CC(C=C)CC9)CC7)(C7CC(F)=C(F)C=C7F)C7=C8C=CCC7)=CC56)ccc4C4C=CCCC43)cc2)=CC1. The maximum atomic E-state index is 17.4. The standard InChI is InChI=1S/C90H80F8N2O3/c1-3-53-13-33-65(34-14-53)101-67-37-17-55(18-38-67)89(79-49-83(95)85(97)51-81(79)93)75-11-7-5-9-69(75)71-41-29-63(47-77(71)89)99(59-25-21-57(91)22-26-59)61-31-43-87-73(45-61)74-46-62(32-44-88(74)103-87)100(60-27-23-58(92)24-28-60)64-30-42-72-70-10-6-8-12-76(70)90(78(72)48-64,80-50-84(96)86(98)52-82(80)94)56-19-39-68(40-20-56)102-66-35-15-54(4-2)16-36-66/h3-6,9-10,13,15,17-18,21,23,25-27,29-35,37-39,41-49,51-54,56-57,66,69,73-75,80,87-88H,1-2,7-8,11-12,14,16,19-20,22,24,28,36,40,50H2. The topological polar surface area (TPSA) is 34.2 Å². The van der Waals surface area contributed by atoms with Gasteiger partial charge in [-0.05, 0) is 224 Å². The number of allylic oxidation sites excluding steroid dienone is 27. The molecule has 0 saturated carbocycles. The summed E-state index contributed by atoms with van der Waals surface area (Å²) in [6.07, 6.45) is 51.7. The lowest BCUT2D eigenvalue weighted by Crippen LogP contribution is -2.45. The highest BCUT2D eigenvalue weighted by Crippen LogP contribution is 2.66. The molecule has 0 N–H and O–H groups in total. The van der Waals surface area contributed by atoms with E-state index in [0.29, 0.717) is 91.8 Å². The van der Waals surface area contributed by atoms with Gasteiger partial charge in [-0.3, -0.25) is 0 Å². The predicted octanol–water partition coefficient (Wildman–Crippen LogP) is 23.1. The Labute approximate surface area is 597 Å². The average molecular weight is 1390 g/mol. The molecular weight excluding hydrogens is 1310 g/mol. The maximum absolute atomic E-state index is 17.4. The number of halogens is 8. The van der Waals surface area contributed by atoms with Crippen LogP contribution in [0.1, 0.15) is 129 Å². The van der Waals surface area contributed by atoms with Crippen molar-refractivity contribution in [2.45, 2.75) is 131 Å². The van der Waals surface area contributed by atoms with Crippen LogP contribution in [0.25, 0.3) is 5.57 Å². The van der Waals surface area contributed by atoms with E-state index in [-0.39, 0.29) is 78.1 Å². The van der Waals surface area contributed by atoms with E-state index in [9.17, 15) is 0 Å². The van der Waals surface area contributed by atoms with Gasteiger partial charge in [-0.15, -0.1) is 13.2 Å². The molecule has 4 aromatic carbocycles. The quantitative estimate of drug-likeness (QED) is 0.0634. The summed E-state index contributed by atoms with van der Waals surface area (Å²) >= 11 is 0. The van der Waals surface area contributed by atoms with E-state index in [4.69, 9.17) is 14.2 Å². The molecule has 17 rings (SSSR count). The van der Waals surface area contributed by atoms with Gasteiger partial charge in [0.1, 0.15) is 47.1 Å². The Morgan fingerprint density at radius 2 is 1.36 bits per heavy atom. The van der Waals surface area contributed by atoms with Crippen LogP contribution < -0.4 is 14.5 Å². The van der Waals surface area contributed by atoms with E-state index in [2.05, 4.69) is 126 Å². The number of hydrogen-bond donors (Lipinski definition) is 0. The van der Waals surface area contributed by atoms with Crippen molar-refractivity contribution >= 4 is 16.9 Å². The molecule has 14 unspecified atom stereocenters. The van der Waals surface area contributed by atoms with Gasteiger partial charge in [-0.1, -0.05) is 109 Å². The molecule has 0 bridgehead atoms. The first-order valence-corrected chi connectivity index (χ1v) is 36.7. The summed E-state index contributed by atoms with van der Waals surface area (Å²) < 4.78 is 148. The number of alkyl halides is 1. The molecule has 12 aliphatic carbocycles. The van der Waals surface area contributed by atoms with Crippen LogP contribution >= 0.6 is 0 Å². The summed E-state index contributed by atoms with van der Waals surface area (Å²) in [5, 5.41) is 0. The third kappa shape index (κ3) is 11.5. The molecule has 5 nitrogen and oxygen atoms in total. The second-order valence-electron chi connectivity index (χ2n) is 29.6. The number of ether oxygens (including phenoxy) is 3. The summed E-state index contributed by atoms with van der Waals surface area (Å²) in [4.78, 5) is 4.26. The van der Waals surface area contributed by atoms with Gasteiger partial charge in [0.15, 0.2) is 17.5 Å². The lowest BCUT2D eigenvalue weighted by Gasteiger charge is -2.48. The fraction of sp³-hybridized carbons (Fsp3) is 0.311.